The second-order valence-corrected chi connectivity index (χ2v) is 6.44. The molecule has 0 bridgehead atoms. The summed E-state index contributed by atoms with van der Waals surface area (Å²) in [6.45, 7) is 7.37. The lowest BCUT2D eigenvalue weighted by atomic mass is 9.87. The lowest BCUT2D eigenvalue weighted by Gasteiger charge is -2.33. The molecule has 1 heterocycles. The highest BCUT2D eigenvalue weighted by Crippen LogP contribution is 2.40. The summed E-state index contributed by atoms with van der Waals surface area (Å²) in [5.41, 5.74) is 0.892. The van der Waals surface area contributed by atoms with Crippen LogP contribution >= 0.6 is 0 Å². The Kier molecular flexibility index (Phi) is 4.44. The number of anilines is 1. The summed E-state index contributed by atoms with van der Waals surface area (Å²) in [6, 6.07) is 5.50. The van der Waals surface area contributed by atoms with Crippen LogP contribution in [-0.2, 0) is 9.53 Å². The minimum Gasteiger partial charge on any atom is -0.497 e. The molecule has 5 nitrogen and oxygen atoms in total. The minimum absolute atomic E-state index is 0.118. The number of methoxy groups -OCH3 is 1. The molecule has 0 N–H and O–H groups in total. The van der Waals surface area contributed by atoms with Gasteiger partial charge in [0.1, 0.15) is 11.4 Å². The second kappa shape index (κ2) is 5.99. The smallest absolute Gasteiger partial charge is 0.421 e. The number of ether oxygens (including phenoxy) is 2. The molecule has 120 valence electrons. The molecular weight excluding hydrogens is 282 g/mol. The van der Waals surface area contributed by atoms with Crippen LogP contribution in [0, 0.1) is 0 Å². The van der Waals surface area contributed by atoms with E-state index in [-0.39, 0.29) is 11.8 Å². The van der Waals surface area contributed by atoms with Crippen LogP contribution in [0.15, 0.2) is 18.2 Å². The maximum atomic E-state index is 12.4. The summed E-state index contributed by atoms with van der Waals surface area (Å²) in [5.74, 6) is 0.491. The number of benzene rings is 1. The molecule has 0 radical (unpaired) electrons. The summed E-state index contributed by atoms with van der Waals surface area (Å²) in [5, 5.41) is 0. The SMILES string of the molecule is CCC1CC(=O)N(C(=O)OC(C)(C)C)c2cc(OC)ccc21. The summed E-state index contributed by atoms with van der Waals surface area (Å²) in [6.07, 6.45) is 0.518. The second-order valence-electron chi connectivity index (χ2n) is 6.44. The highest BCUT2D eigenvalue weighted by Gasteiger charge is 2.37. The molecule has 1 unspecified atom stereocenters. The molecule has 1 aliphatic heterocycles. The Balaban J connectivity index is 2.47. The topological polar surface area (TPSA) is 55.8 Å². The Morgan fingerprint density at radius 1 is 1.36 bits per heavy atom. The number of rotatable bonds is 2. The molecule has 0 spiro atoms. The third-order valence-electron chi connectivity index (χ3n) is 3.66. The fourth-order valence-electron chi connectivity index (χ4n) is 2.61. The van der Waals surface area contributed by atoms with Crippen molar-refractivity contribution in [2.45, 2.75) is 52.1 Å². The van der Waals surface area contributed by atoms with Crippen LogP contribution in [0.1, 0.15) is 52.0 Å². The number of fused-ring (bicyclic) bond motifs is 1. The minimum atomic E-state index is -0.655. The predicted molar refractivity (Wildman–Crippen MR) is 84.4 cm³/mol. The molecule has 1 aromatic carbocycles. The number of amides is 2. The van der Waals surface area contributed by atoms with E-state index in [1.54, 1.807) is 33.9 Å². The van der Waals surface area contributed by atoms with Gasteiger partial charge in [0.15, 0.2) is 0 Å². The van der Waals surface area contributed by atoms with Crippen LogP contribution in [0.3, 0.4) is 0 Å². The molecule has 0 saturated heterocycles. The largest absolute Gasteiger partial charge is 0.497 e. The molecule has 0 aromatic heterocycles. The van der Waals surface area contributed by atoms with Gasteiger partial charge in [-0.15, -0.1) is 0 Å². The van der Waals surface area contributed by atoms with E-state index < -0.39 is 11.7 Å². The van der Waals surface area contributed by atoms with Gasteiger partial charge >= 0.3 is 6.09 Å². The summed E-state index contributed by atoms with van der Waals surface area (Å²) in [4.78, 5) is 26.0. The normalized spacial score (nSPS) is 18.0. The lowest BCUT2D eigenvalue weighted by Crippen LogP contribution is -2.44. The zero-order valence-corrected chi connectivity index (χ0v) is 13.8. The first-order valence-electron chi connectivity index (χ1n) is 7.50. The van der Waals surface area contributed by atoms with Crippen LogP contribution in [-0.4, -0.2) is 24.7 Å². The van der Waals surface area contributed by atoms with E-state index in [4.69, 9.17) is 9.47 Å². The number of nitrogens with zero attached hydrogens (tertiary/aromatic N) is 1. The Morgan fingerprint density at radius 3 is 2.59 bits per heavy atom. The molecular formula is C17H23NO4. The van der Waals surface area contributed by atoms with Gasteiger partial charge in [-0.25, -0.2) is 9.69 Å². The van der Waals surface area contributed by atoms with E-state index >= 15 is 0 Å². The molecule has 1 atom stereocenters. The molecule has 2 amide bonds. The molecule has 0 saturated carbocycles. The molecule has 5 heteroatoms. The summed E-state index contributed by atoms with van der Waals surface area (Å²) < 4.78 is 10.6. The standard InChI is InChI=1S/C17H23NO4/c1-6-11-9-15(19)18(16(20)22-17(2,3)4)14-10-12(21-5)7-8-13(11)14/h7-8,10-11H,6,9H2,1-5H3. The van der Waals surface area contributed by atoms with Crippen molar-refractivity contribution in [3.63, 3.8) is 0 Å². The number of hydrogen-bond acceptors (Lipinski definition) is 4. The fraction of sp³-hybridized carbons (Fsp3) is 0.529. The average Bonchev–Trinajstić information content (AvgIpc) is 2.43. The van der Waals surface area contributed by atoms with E-state index in [0.717, 1.165) is 16.9 Å². The van der Waals surface area contributed by atoms with Gasteiger partial charge in [0.2, 0.25) is 5.91 Å². The van der Waals surface area contributed by atoms with Crippen molar-refractivity contribution in [1.29, 1.82) is 0 Å². The van der Waals surface area contributed by atoms with Gasteiger partial charge in [0, 0.05) is 12.5 Å². The summed E-state index contributed by atoms with van der Waals surface area (Å²) >= 11 is 0. The Hall–Kier alpha value is -2.04. The average molecular weight is 305 g/mol. The molecule has 0 aliphatic carbocycles. The first-order chi connectivity index (χ1) is 10.3. The van der Waals surface area contributed by atoms with Crippen molar-refractivity contribution in [2.24, 2.45) is 0 Å². The number of carbonyl (C=O) groups excluding carboxylic acids is 2. The highest BCUT2D eigenvalue weighted by atomic mass is 16.6. The summed E-state index contributed by atoms with van der Waals surface area (Å²) in [7, 11) is 1.56. The van der Waals surface area contributed by atoms with Crippen molar-refractivity contribution >= 4 is 17.7 Å². The Morgan fingerprint density at radius 2 is 2.05 bits per heavy atom. The van der Waals surface area contributed by atoms with E-state index in [1.807, 2.05) is 19.1 Å². The van der Waals surface area contributed by atoms with Crippen LogP contribution in [0.4, 0.5) is 10.5 Å². The Labute approximate surface area is 131 Å². The fourth-order valence-corrected chi connectivity index (χ4v) is 2.61. The zero-order valence-electron chi connectivity index (χ0n) is 13.8. The number of imide groups is 1. The van der Waals surface area contributed by atoms with E-state index in [0.29, 0.717) is 17.9 Å². The predicted octanol–water partition coefficient (Wildman–Crippen LogP) is 3.86. The van der Waals surface area contributed by atoms with Gasteiger partial charge in [0.25, 0.3) is 0 Å². The van der Waals surface area contributed by atoms with Crippen LogP contribution < -0.4 is 9.64 Å². The molecule has 1 aliphatic rings. The first kappa shape index (κ1) is 16.3. The molecule has 22 heavy (non-hydrogen) atoms. The quantitative estimate of drug-likeness (QED) is 0.832. The van der Waals surface area contributed by atoms with E-state index in [9.17, 15) is 9.59 Å². The van der Waals surface area contributed by atoms with Gasteiger partial charge in [-0.2, -0.15) is 0 Å². The first-order valence-corrected chi connectivity index (χ1v) is 7.50. The molecule has 0 fully saturated rings. The third-order valence-corrected chi connectivity index (χ3v) is 3.66. The lowest BCUT2D eigenvalue weighted by molar-refractivity contribution is -0.119. The van der Waals surface area contributed by atoms with Crippen molar-refractivity contribution in [3.05, 3.63) is 23.8 Å². The highest BCUT2D eigenvalue weighted by molar-refractivity contribution is 6.14. The van der Waals surface area contributed by atoms with Gasteiger partial charge in [0.05, 0.1) is 12.8 Å². The van der Waals surface area contributed by atoms with Crippen LogP contribution in [0.25, 0.3) is 0 Å². The maximum absolute atomic E-state index is 12.4. The van der Waals surface area contributed by atoms with Gasteiger partial charge in [-0.1, -0.05) is 13.0 Å². The van der Waals surface area contributed by atoms with Crippen molar-refractivity contribution < 1.29 is 19.1 Å². The van der Waals surface area contributed by atoms with Gasteiger partial charge < -0.3 is 9.47 Å². The molecule has 1 aromatic rings. The Bertz CT molecular complexity index is 589. The number of hydrogen-bond donors (Lipinski definition) is 0. The molecule has 2 rings (SSSR count). The van der Waals surface area contributed by atoms with Crippen molar-refractivity contribution in [3.8, 4) is 5.75 Å². The van der Waals surface area contributed by atoms with Crippen molar-refractivity contribution in [1.82, 2.24) is 0 Å². The number of carbonyl (C=O) groups is 2. The van der Waals surface area contributed by atoms with Crippen LogP contribution in [0.2, 0.25) is 0 Å². The van der Waals surface area contributed by atoms with E-state index in [2.05, 4.69) is 0 Å². The van der Waals surface area contributed by atoms with Gasteiger partial charge in [-0.3, -0.25) is 4.79 Å². The van der Waals surface area contributed by atoms with Crippen molar-refractivity contribution in [2.75, 3.05) is 12.0 Å². The third kappa shape index (κ3) is 3.24. The van der Waals surface area contributed by atoms with Gasteiger partial charge in [-0.05, 0) is 44.7 Å². The monoisotopic (exact) mass is 305 g/mol. The van der Waals surface area contributed by atoms with E-state index in [1.165, 1.54) is 0 Å². The maximum Gasteiger partial charge on any atom is 0.421 e. The van der Waals surface area contributed by atoms with Crippen LogP contribution in [0.5, 0.6) is 5.75 Å². The zero-order chi connectivity index (χ0) is 16.5.